The van der Waals surface area contributed by atoms with E-state index in [1.54, 1.807) is 18.2 Å². The van der Waals surface area contributed by atoms with Gasteiger partial charge in [0.1, 0.15) is 0 Å². The molecule has 0 saturated carbocycles. The van der Waals surface area contributed by atoms with Crippen molar-refractivity contribution in [3.63, 3.8) is 0 Å². The third-order valence-electron chi connectivity index (χ3n) is 1.34. The smallest absolute Gasteiger partial charge is 0.212 e. The van der Waals surface area contributed by atoms with Gasteiger partial charge in [-0.2, -0.15) is 0 Å². The predicted molar refractivity (Wildman–Crippen MR) is 57.6 cm³/mol. The molecule has 0 saturated heterocycles. The molecule has 0 fully saturated rings. The minimum Gasteiger partial charge on any atom is -0.212 e. The monoisotopic (exact) mass is 302 g/mol. The quantitative estimate of drug-likeness (QED) is 0.787. The molecule has 0 radical (unpaired) electrons. The largest absolute Gasteiger partial charge is 0.236 e. The molecule has 2 nitrogen and oxygen atoms in total. The zero-order chi connectivity index (χ0) is 10.1. The van der Waals surface area contributed by atoms with Gasteiger partial charge in [-0.15, -0.1) is 0 Å². The van der Waals surface area contributed by atoms with E-state index in [2.05, 4.69) is 15.9 Å². The van der Waals surface area contributed by atoms with Crippen molar-refractivity contribution in [2.45, 2.75) is 5.75 Å². The molecule has 6 heteroatoms. The Hall–Kier alpha value is 0.230. The third-order valence-corrected chi connectivity index (χ3v) is 3.18. The van der Waals surface area contributed by atoms with E-state index >= 15 is 0 Å². The molecule has 0 aliphatic carbocycles. The van der Waals surface area contributed by atoms with E-state index in [0.29, 0.717) is 10.6 Å². The Labute approximate surface area is 94.4 Å². The van der Waals surface area contributed by atoms with Crippen LogP contribution in [0.25, 0.3) is 0 Å². The lowest BCUT2D eigenvalue weighted by molar-refractivity contribution is 0.609. The average Bonchev–Trinajstić information content (AvgIpc) is 1.94. The van der Waals surface area contributed by atoms with Gasteiger partial charge in [0.05, 0.1) is 5.75 Å². The summed E-state index contributed by atoms with van der Waals surface area (Å²) in [5, 5.41) is 0.396. The summed E-state index contributed by atoms with van der Waals surface area (Å²) >= 11 is 8.97. The highest BCUT2D eigenvalue weighted by molar-refractivity contribution is 9.10. The predicted octanol–water partition coefficient (Wildman–Crippen LogP) is 3.17. The van der Waals surface area contributed by atoms with Gasteiger partial charge >= 0.3 is 0 Å². The Kier molecular flexibility index (Phi) is 3.63. The average molecular weight is 304 g/mol. The fourth-order valence-electron chi connectivity index (χ4n) is 0.840. The standard InChI is InChI=1S/C7H5BrCl2O2S/c8-6-1-2-7(9)5(3-6)4-13(10,11)12/h1-3H,4H2. The van der Waals surface area contributed by atoms with Gasteiger partial charge in [-0.05, 0) is 23.8 Å². The zero-order valence-electron chi connectivity index (χ0n) is 6.30. The molecule has 0 amide bonds. The molecule has 1 aromatic rings. The summed E-state index contributed by atoms with van der Waals surface area (Å²) in [6.45, 7) is 0. The Morgan fingerprint density at radius 3 is 2.54 bits per heavy atom. The molecule has 1 rings (SSSR count). The molecular formula is C7H5BrCl2O2S. The van der Waals surface area contributed by atoms with Gasteiger partial charge in [0.25, 0.3) is 0 Å². The molecule has 72 valence electrons. The Morgan fingerprint density at radius 1 is 1.38 bits per heavy atom. The second-order valence-electron chi connectivity index (χ2n) is 2.42. The fourth-order valence-corrected chi connectivity index (χ4v) is 2.47. The number of hydrogen-bond acceptors (Lipinski definition) is 2. The Bertz CT molecular complexity index is 417. The van der Waals surface area contributed by atoms with Crippen LogP contribution in [0.3, 0.4) is 0 Å². The molecule has 0 N–H and O–H groups in total. The number of halogens is 3. The van der Waals surface area contributed by atoms with E-state index < -0.39 is 9.05 Å². The van der Waals surface area contributed by atoms with E-state index in [9.17, 15) is 8.42 Å². The van der Waals surface area contributed by atoms with Crippen LogP contribution in [-0.4, -0.2) is 8.42 Å². The van der Waals surface area contributed by atoms with Crippen molar-refractivity contribution in [2.24, 2.45) is 0 Å². The summed E-state index contributed by atoms with van der Waals surface area (Å²) in [5.74, 6) is -0.257. The highest BCUT2D eigenvalue weighted by Gasteiger charge is 2.10. The first-order valence-electron chi connectivity index (χ1n) is 3.25. The highest BCUT2D eigenvalue weighted by atomic mass is 79.9. The maximum Gasteiger partial charge on any atom is 0.236 e. The second kappa shape index (κ2) is 4.17. The summed E-state index contributed by atoms with van der Waals surface area (Å²) in [4.78, 5) is 0. The molecule has 0 unspecified atom stereocenters. The van der Waals surface area contributed by atoms with Crippen LogP contribution in [0.4, 0.5) is 0 Å². The van der Waals surface area contributed by atoms with E-state index in [1.807, 2.05) is 0 Å². The molecule has 0 atom stereocenters. The first-order chi connectivity index (χ1) is 5.88. The second-order valence-corrected chi connectivity index (χ2v) is 6.52. The van der Waals surface area contributed by atoms with Crippen molar-refractivity contribution in [3.8, 4) is 0 Å². The lowest BCUT2D eigenvalue weighted by atomic mass is 10.2. The van der Waals surface area contributed by atoms with Gasteiger partial charge < -0.3 is 0 Å². The highest BCUT2D eigenvalue weighted by Crippen LogP contribution is 2.23. The molecular weight excluding hydrogens is 299 g/mol. The van der Waals surface area contributed by atoms with Crippen LogP contribution in [0.2, 0.25) is 5.02 Å². The van der Waals surface area contributed by atoms with Crippen LogP contribution in [-0.2, 0) is 14.8 Å². The number of rotatable bonds is 2. The minimum atomic E-state index is -3.55. The molecule has 13 heavy (non-hydrogen) atoms. The molecule has 0 heterocycles. The fraction of sp³-hybridized carbons (Fsp3) is 0.143. The summed E-state index contributed by atoms with van der Waals surface area (Å²) in [7, 11) is 1.54. The summed E-state index contributed by atoms with van der Waals surface area (Å²) in [6.07, 6.45) is 0. The van der Waals surface area contributed by atoms with Crippen molar-refractivity contribution in [3.05, 3.63) is 33.3 Å². The van der Waals surface area contributed by atoms with Gasteiger partial charge in [0, 0.05) is 20.2 Å². The van der Waals surface area contributed by atoms with Crippen LogP contribution < -0.4 is 0 Å². The van der Waals surface area contributed by atoms with Crippen LogP contribution >= 0.6 is 38.2 Å². The first kappa shape index (κ1) is 11.3. The maximum atomic E-state index is 10.8. The first-order valence-corrected chi connectivity index (χ1v) is 6.90. The zero-order valence-corrected chi connectivity index (χ0v) is 10.2. The SMILES string of the molecule is O=S(=O)(Cl)Cc1cc(Br)ccc1Cl. The number of hydrogen-bond donors (Lipinski definition) is 0. The van der Waals surface area contributed by atoms with Crippen LogP contribution in [0, 0.1) is 0 Å². The van der Waals surface area contributed by atoms with Gasteiger partial charge in [-0.1, -0.05) is 27.5 Å². The van der Waals surface area contributed by atoms with Crippen LogP contribution in [0.1, 0.15) is 5.56 Å². The summed E-state index contributed by atoms with van der Waals surface area (Å²) in [5.41, 5.74) is 0.492. The molecule has 0 aromatic heterocycles. The summed E-state index contributed by atoms with van der Waals surface area (Å²) in [6, 6.07) is 4.97. The van der Waals surface area contributed by atoms with Crippen molar-refractivity contribution in [1.82, 2.24) is 0 Å². The molecule has 0 aliphatic rings. The van der Waals surface area contributed by atoms with Crippen molar-refractivity contribution < 1.29 is 8.42 Å². The van der Waals surface area contributed by atoms with E-state index in [-0.39, 0.29) is 5.75 Å². The van der Waals surface area contributed by atoms with Crippen molar-refractivity contribution in [1.29, 1.82) is 0 Å². The van der Waals surface area contributed by atoms with E-state index in [4.69, 9.17) is 22.3 Å². The van der Waals surface area contributed by atoms with Gasteiger partial charge in [0.2, 0.25) is 9.05 Å². The van der Waals surface area contributed by atoms with Crippen molar-refractivity contribution >= 4 is 47.3 Å². The van der Waals surface area contributed by atoms with Gasteiger partial charge in [0.15, 0.2) is 0 Å². The molecule has 0 aliphatic heterocycles. The number of benzene rings is 1. The Balaban J connectivity index is 3.08. The van der Waals surface area contributed by atoms with Crippen LogP contribution in [0.5, 0.6) is 0 Å². The lowest BCUT2D eigenvalue weighted by Gasteiger charge is -2.01. The summed E-state index contributed by atoms with van der Waals surface area (Å²) < 4.78 is 22.3. The van der Waals surface area contributed by atoms with E-state index in [0.717, 1.165) is 4.47 Å². The molecule has 1 aromatic carbocycles. The van der Waals surface area contributed by atoms with E-state index in [1.165, 1.54) is 0 Å². The molecule has 0 spiro atoms. The van der Waals surface area contributed by atoms with Crippen molar-refractivity contribution in [2.75, 3.05) is 0 Å². The molecule has 0 bridgehead atoms. The maximum absolute atomic E-state index is 10.8. The minimum absolute atomic E-state index is 0.257. The van der Waals surface area contributed by atoms with Gasteiger partial charge in [-0.3, -0.25) is 0 Å². The normalized spacial score (nSPS) is 11.6. The third kappa shape index (κ3) is 3.85. The lowest BCUT2D eigenvalue weighted by Crippen LogP contribution is -1.95. The topological polar surface area (TPSA) is 34.1 Å². The van der Waals surface area contributed by atoms with Gasteiger partial charge in [-0.25, -0.2) is 8.42 Å². The Morgan fingerprint density at radius 2 is 2.00 bits per heavy atom. The van der Waals surface area contributed by atoms with Crippen LogP contribution in [0.15, 0.2) is 22.7 Å².